The van der Waals surface area contributed by atoms with Crippen LogP contribution >= 0.6 is 0 Å². The fourth-order valence-electron chi connectivity index (χ4n) is 0.997. The molecule has 1 heterocycles. The van der Waals surface area contributed by atoms with Gasteiger partial charge in [0.1, 0.15) is 0 Å². The third-order valence-electron chi connectivity index (χ3n) is 2.02. The molecular formula is C9H12N2O2. The summed E-state index contributed by atoms with van der Waals surface area (Å²) in [4.78, 5) is 0. The molecule has 0 bridgehead atoms. The van der Waals surface area contributed by atoms with Gasteiger partial charge in [0.05, 0.1) is 18.9 Å². The largest absolute Gasteiger partial charge is 0.476 e. The highest BCUT2D eigenvalue weighted by atomic mass is 16.5. The van der Waals surface area contributed by atoms with Crippen LogP contribution in [0.15, 0.2) is 12.1 Å². The Morgan fingerprint density at radius 2 is 2.23 bits per heavy atom. The van der Waals surface area contributed by atoms with E-state index in [1.165, 1.54) is 12.8 Å². The van der Waals surface area contributed by atoms with E-state index in [0.29, 0.717) is 11.6 Å². The first-order valence-electron chi connectivity index (χ1n) is 4.45. The summed E-state index contributed by atoms with van der Waals surface area (Å²) in [6.07, 6.45) is 2.53. The molecular weight excluding hydrogens is 168 g/mol. The van der Waals surface area contributed by atoms with Gasteiger partial charge in [-0.2, -0.15) is 0 Å². The summed E-state index contributed by atoms with van der Waals surface area (Å²) in [6, 6.07) is 3.45. The number of aliphatic hydroxyl groups is 1. The van der Waals surface area contributed by atoms with E-state index >= 15 is 0 Å². The van der Waals surface area contributed by atoms with Gasteiger partial charge in [-0.3, -0.25) is 0 Å². The Labute approximate surface area is 76.6 Å². The molecule has 1 aromatic rings. The molecule has 0 saturated heterocycles. The Bertz CT molecular complexity index is 269. The molecule has 1 saturated carbocycles. The summed E-state index contributed by atoms with van der Waals surface area (Å²) in [5.41, 5.74) is 0.568. The topological polar surface area (TPSA) is 55.2 Å². The zero-order chi connectivity index (χ0) is 9.10. The quantitative estimate of drug-likeness (QED) is 0.743. The standard InChI is InChI=1S/C9H12N2O2/c12-5-8-3-4-9(11-10-8)13-6-7-1-2-7/h3-4,7,12H,1-2,5-6H2. The van der Waals surface area contributed by atoms with Crippen LogP contribution in [0.4, 0.5) is 0 Å². The molecule has 2 rings (SSSR count). The fraction of sp³-hybridized carbons (Fsp3) is 0.556. The molecule has 1 fully saturated rings. The van der Waals surface area contributed by atoms with Crippen molar-refractivity contribution in [2.45, 2.75) is 19.4 Å². The number of aliphatic hydroxyl groups excluding tert-OH is 1. The molecule has 0 unspecified atom stereocenters. The van der Waals surface area contributed by atoms with Crippen LogP contribution in [0.3, 0.4) is 0 Å². The Balaban J connectivity index is 1.88. The van der Waals surface area contributed by atoms with Crippen molar-refractivity contribution in [1.82, 2.24) is 10.2 Å². The molecule has 0 atom stereocenters. The first kappa shape index (κ1) is 8.44. The predicted octanol–water partition coefficient (Wildman–Crippen LogP) is 0.758. The number of rotatable bonds is 4. The summed E-state index contributed by atoms with van der Waals surface area (Å²) < 4.78 is 5.37. The summed E-state index contributed by atoms with van der Waals surface area (Å²) >= 11 is 0. The first-order chi connectivity index (χ1) is 6.38. The first-order valence-corrected chi connectivity index (χ1v) is 4.45. The summed E-state index contributed by atoms with van der Waals surface area (Å²) in [6.45, 7) is 0.670. The molecule has 13 heavy (non-hydrogen) atoms. The molecule has 4 heteroatoms. The van der Waals surface area contributed by atoms with Gasteiger partial charge >= 0.3 is 0 Å². The van der Waals surface area contributed by atoms with Gasteiger partial charge in [0.2, 0.25) is 5.88 Å². The molecule has 4 nitrogen and oxygen atoms in total. The van der Waals surface area contributed by atoms with Gasteiger partial charge in [-0.1, -0.05) is 0 Å². The maximum atomic E-state index is 8.71. The van der Waals surface area contributed by atoms with E-state index in [1.54, 1.807) is 12.1 Å². The maximum Gasteiger partial charge on any atom is 0.233 e. The van der Waals surface area contributed by atoms with Gasteiger partial charge in [0.15, 0.2) is 0 Å². The number of nitrogens with zero attached hydrogens (tertiary/aromatic N) is 2. The van der Waals surface area contributed by atoms with Crippen LogP contribution in [-0.4, -0.2) is 21.9 Å². The number of hydrogen-bond acceptors (Lipinski definition) is 4. The van der Waals surface area contributed by atoms with Gasteiger partial charge < -0.3 is 9.84 Å². The van der Waals surface area contributed by atoms with Crippen LogP contribution in [0.1, 0.15) is 18.5 Å². The van der Waals surface area contributed by atoms with Crippen molar-refractivity contribution < 1.29 is 9.84 Å². The SMILES string of the molecule is OCc1ccc(OCC2CC2)nn1. The van der Waals surface area contributed by atoms with E-state index in [0.717, 1.165) is 12.5 Å². The summed E-state index contributed by atoms with van der Waals surface area (Å²) in [5, 5.41) is 16.3. The second-order valence-electron chi connectivity index (χ2n) is 3.28. The summed E-state index contributed by atoms with van der Waals surface area (Å²) in [7, 11) is 0. The van der Waals surface area contributed by atoms with Gasteiger partial charge in [-0.15, -0.1) is 10.2 Å². The van der Waals surface area contributed by atoms with E-state index in [2.05, 4.69) is 10.2 Å². The molecule has 0 spiro atoms. The zero-order valence-corrected chi connectivity index (χ0v) is 7.31. The Morgan fingerprint density at radius 3 is 2.77 bits per heavy atom. The average molecular weight is 180 g/mol. The van der Waals surface area contributed by atoms with Crippen molar-refractivity contribution in [3.8, 4) is 5.88 Å². The van der Waals surface area contributed by atoms with Crippen LogP contribution in [-0.2, 0) is 6.61 Å². The molecule has 0 aromatic carbocycles. The monoisotopic (exact) mass is 180 g/mol. The van der Waals surface area contributed by atoms with Gasteiger partial charge in [0.25, 0.3) is 0 Å². The van der Waals surface area contributed by atoms with Gasteiger partial charge in [-0.25, -0.2) is 0 Å². The lowest BCUT2D eigenvalue weighted by Gasteiger charge is -2.02. The van der Waals surface area contributed by atoms with Crippen molar-refractivity contribution in [2.75, 3.05) is 6.61 Å². The molecule has 70 valence electrons. The predicted molar refractivity (Wildman–Crippen MR) is 46.2 cm³/mol. The normalized spacial score (nSPS) is 15.8. The van der Waals surface area contributed by atoms with E-state index in [4.69, 9.17) is 9.84 Å². The van der Waals surface area contributed by atoms with Crippen molar-refractivity contribution in [2.24, 2.45) is 5.92 Å². The van der Waals surface area contributed by atoms with Crippen LogP contribution < -0.4 is 4.74 Å². The zero-order valence-electron chi connectivity index (χ0n) is 7.31. The minimum Gasteiger partial charge on any atom is -0.476 e. The number of hydrogen-bond donors (Lipinski definition) is 1. The second-order valence-corrected chi connectivity index (χ2v) is 3.28. The minimum atomic E-state index is -0.0735. The molecule has 0 aliphatic heterocycles. The molecule has 1 aromatic heterocycles. The Kier molecular flexibility index (Phi) is 2.40. The van der Waals surface area contributed by atoms with E-state index in [9.17, 15) is 0 Å². The number of ether oxygens (including phenoxy) is 1. The van der Waals surface area contributed by atoms with Crippen molar-refractivity contribution in [3.05, 3.63) is 17.8 Å². The highest BCUT2D eigenvalue weighted by Crippen LogP contribution is 2.29. The highest BCUT2D eigenvalue weighted by Gasteiger charge is 2.22. The average Bonchev–Trinajstić information content (AvgIpc) is 2.99. The van der Waals surface area contributed by atoms with E-state index < -0.39 is 0 Å². The van der Waals surface area contributed by atoms with Crippen molar-refractivity contribution in [3.63, 3.8) is 0 Å². The lowest BCUT2D eigenvalue weighted by Crippen LogP contribution is -2.02. The highest BCUT2D eigenvalue weighted by molar-refractivity contribution is 5.10. The van der Waals surface area contributed by atoms with E-state index in [-0.39, 0.29) is 6.61 Å². The smallest absolute Gasteiger partial charge is 0.233 e. The van der Waals surface area contributed by atoms with Crippen molar-refractivity contribution in [1.29, 1.82) is 0 Å². The van der Waals surface area contributed by atoms with Crippen LogP contribution in [0.2, 0.25) is 0 Å². The van der Waals surface area contributed by atoms with E-state index in [1.807, 2.05) is 0 Å². The maximum absolute atomic E-state index is 8.71. The number of aromatic nitrogens is 2. The van der Waals surface area contributed by atoms with Crippen LogP contribution in [0.25, 0.3) is 0 Å². The summed E-state index contributed by atoms with van der Waals surface area (Å²) in [5.74, 6) is 1.27. The molecule has 1 N–H and O–H groups in total. The fourth-order valence-corrected chi connectivity index (χ4v) is 0.997. The second kappa shape index (κ2) is 3.70. The van der Waals surface area contributed by atoms with Crippen molar-refractivity contribution >= 4 is 0 Å². The molecule has 0 radical (unpaired) electrons. The molecule has 1 aliphatic rings. The van der Waals surface area contributed by atoms with Crippen LogP contribution in [0.5, 0.6) is 5.88 Å². The van der Waals surface area contributed by atoms with Crippen LogP contribution in [0, 0.1) is 5.92 Å². The minimum absolute atomic E-state index is 0.0735. The molecule has 1 aliphatic carbocycles. The Hall–Kier alpha value is -1.16. The third kappa shape index (κ3) is 2.39. The lowest BCUT2D eigenvalue weighted by molar-refractivity contribution is 0.268. The van der Waals surface area contributed by atoms with Gasteiger partial charge in [-0.05, 0) is 24.8 Å². The Morgan fingerprint density at radius 1 is 1.38 bits per heavy atom. The lowest BCUT2D eigenvalue weighted by atomic mass is 10.4. The third-order valence-corrected chi connectivity index (χ3v) is 2.02. The molecule has 0 amide bonds. The van der Waals surface area contributed by atoms with Gasteiger partial charge in [0, 0.05) is 6.07 Å².